The highest BCUT2D eigenvalue weighted by molar-refractivity contribution is 8.16. The zero-order valence-electron chi connectivity index (χ0n) is 13.6. The number of ether oxygens (including phenoxy) is 2. The molecule has 0 N–H and O–H groups in total. The number of fused-ring (bicyclic) bond motifs is 1. The molecule has 130 valence electrons. The number of hydrogen-bond donors (Lipinski definition) is 0. The summed E-state index contributed by atoms with van der Waals surface area (Å²) >= 11 is 1.34. The Kier molecular flexibility index (Phi) is 4.48. The molecule has 2 heterocycles. The Labute approximate surface area is 144 Å². The van der Waals surface area contributed by atoms with Gasteiger partial charge < -0.3 is 14.4 Å². The van der Waals surface area contributed by atoms with Gasteiger partial charge in [0.1, 0.15) is 0 Å². The molecule has 0 saturated carbocycles. The zero-order chi connectivity index (χ0) is 17.5. The van der Waals surface area contributed by atoms with E-state index < -0.39 is 9.84 Å². The Balaban J connectivity index is 2.05. The zero-order valence-corrected chi connectivity index (χ0v) is 15.2. The predicted octanol–water partition coefficient (Wildman–Crippen LogP) is 1.33. The van der Waals surface area contributed by atoms with Crippen molar-refractivity contribution in [3.63, 3.8) is 0 Å². The number of sulfone groups is 1. The predicted molar refractivity (Wildman–Crippen MR) is 94.0 cm³/mol. The van der Waals surface area contributed by atoms with Gasteiger partial charge in [-0.15, -0.1) is 0 Å². The average molecular weight is 370 g/mol. The molecule has 2 unspecified atom stereocenters. The number of nitrogens with zero attached hydrogens (tertiary/aromatic N) is 2. The van der Waals surface area contributed by atoms with Crippen LogP contribution in [0.2, 0.25) is 0 Å². The van der Waals surface area contributed by atoms with Crippen molar-refractivity contribution >= 4 is 38.4 Å². The number of anilines is 1. The molecule has 2 aliphatic rings. The van der Waals surface area contributed by atoms with Gasteiger partial charge in [0.2, 0.25) is 5.91 Å². The molecule has 0 radical (unpaired) electrons. The van der Waals surface area contributed by atoms with Crippen molar-refractivity contribution in [1.82, 2.24) is 0 Å². The van der Waals surface area contributed by atoms with Gasteiger partial charge in [0.25, 0.3) is 0 Å². The highest BCUT2D eigenvalue weighted by atomic mass is 32.2. The summed E-state index contributed by atoms with van der Waals surface area (Å²) in [6.07, 6.45) is 0. The Morgan fingerprint density at radius 3 is 2.58 bits per heavy atom. The Morgan fingerprint density at radius 2 is 1.96 bits per heavy atom. The van der Waals surface area contributed by atoms with Gasteiger partial charge in [0.15, 0.2) is 26.5 Å². The van der Waals surface area contributed by atoms with Gasteiger partial charge in [-0.2, -0.15) is 4.99 Å². The molecule has 3 rings (SSSR count). The summed E-state index contributed by atoms with van der Waals surface area (Å²) in [4.78, 5) is 17.3. The number of benzene rings is 1. The fourth-order valence-corrected chi connectivity index (χ4v) is 6.93. The largest absolute Gasteiger partial charge is 0.493 e. The molecule has 24 heavy (non-hydrogen) atoms. The van der Waals surface area contributed by atoms with Gasteiger partial charge in [0.05, 0.1) is 31.8 Å². The summed E-state index contributed by atoms with van der Waals surface area (Å²) in [6, 6.07) is 5.09. The van der Waals surface area contributed by atoms with Crippen LogP contribution in [-0.2, 0) is 14.6 Å². The van der Waals surface area contributed by atoms with E-state index in [1.54, 1.807) is 19.2 Å². The van der Waals surface area contributed by atoms with E-state index in [0.29, 0.717) is 16.7 Å². The van der Waals surface area contributed by atoms with E-state index in [-0.39, 0.29) is 28.7 Å². The van der Waals surface area contributed by atoms with E-state index in [4.69, 9.17) is 9.47 Å². The molecule has 9 heteroatoms. The third-order valence-electron chi connectivity index (χ3n) is 3.96. The summed E-state index contributed by atoms with van der Waals surface area (Å²) in [6.45, 7) is 1.38. The lowest BCUT2D eigenvalue weighted by Gasteiger charge is -2.25. The van der Waals surface area contributed by atoms with Crippen molar-refractivity contribution in [2.24, 2.45) is 4.99 Å². The van der Waals surface area contributed by atoms with Gasteiger partial charge in [-0.25, -0.2) is 8.42 Å². The Morgan fingerprint density at radius 1 is 1.25 bits per heavy atom. The molecule has 2 aliphatic heterocycles. The number of methoxy groups -OCH3 is 2. The number of aliphatic imine (C=N–C) groups is 1. The molecule has 0 bridgehead atoms. The number of carbonyl (C=O) groups is 1. The molecule has 2 fully saturated rings. The van der Waals surface area contributed by atoms with Crippen LogP contribution in [-0.4, -0.2) is 56.5 Å². The third kappa shape index (κ3) is 3.10. The SMILES string of the molecule is COc1ccc(N2C(=NC(C)=O)SC3CS(=O)(=O)CC32)cc1OC. The van der Waals surface area contributed by atoms with Gasteiger partial charge in [-0.3, -0.25) is 4.79 Å². The number of carbonyl (C=O) groups excluding carboxylic acids is 1. The van der Waals surface area contributed by atoms with E-state index >= 15 is 0 Å². The van der Waals surface area contributed by atoms with Crippen LogP contribution in [0.25, 0.3) is 0 Å². The summed E-state index contributed by atoms with van der Waals surface area (Å²) < 4.78 is 34.5. The smallest absolute Gasteiger partial charge is 0.244 e. The molecule has 1 aromatic rings. The number of amides is 1. The van der Waals surface area contributed by atoms with Crippen molar-refractivity contribution in [1.29, 1.82) is 0 Å². The molecule has 7 nitrogen and oxygen atoms in total. The molecule has 1 amide bonds. The third-order valence-corrected chi connectivity index (χ3v) is 7.17. The van der Waals surface area contributed by atoms with E-state index in [1.807, 2.05) is 11.0 Å². The van der Waals surface area contributed by atoms with Crippen LogP contribution in [0.5, 0.6) is 11.5 Å². The highest BCUT2D eigenvalue weighted by Crippen LogP contribution is 2.42. The molecular formula is C15H18N2O5S2. The minimum atomic E-state index is -3.09. The normalized spacial score (nSPS) is 26.5. The molecule has 0 aromatic heterocycles. The second-order valence-electron chi connectivity index (χ2n) is 5.62. The van der Waals surface area contributed by atoms with Crippen LogP contribution in [0.4, 0.5) is 5.69 Å². The van der Waals surface area contributed by atoms with Crippen LogP contribution in [0.15, 0.2) is 23.2 Å². The molecule has 0 spiro atoms. The van der Waals surface area contributed by atoms with E-state index in [2.05, 4.69) is 4.99 Å². The van der Waals surface area contributed by atoms with Crippen LogP contribution < -0.4 is 14.4 Å². The monoisotopic (exact) mass is 370 g/mol. The Hall–Kier alpha value is -1.74. The fourth-order valence-electron chi connectivity index (χ4n) is 2.98. The van der Waals surface area contributed by atoms with Crippen molar-refractivity contribution in [3.05, 3.63) is 18.2 Å². The van der Waals surface area contributed by atoms with Crippen molar-refractivity contribution in [2.75, 3.05) is 30.6 Å². The molecule has 2 saturated heterocycles. The van der Waals surface area contributed by atoms with Crippen LogP contribution >= 0.6 is 11.8 Å². The summed E-state index contributed by atoms with van der Waals surface area (Å²) in [5.74, 6) is 0.949. The maximum Gasteiger partial charge on any atom is 0.244 e. The average Bonchev–Trinajstić information content (AvgIpc) is 2.96. The van der Waals surface area contributed by atoms with E-state index in [9.17, 15) is 13.2 Å². The fraction of sp³-hybridized carbons (Fsp3) is 0.467. The molecule has 0 aliphatic carbocycles. The van der Waals surface area contributed by atoms with Crippen molar-refractivity contribution < 1.29 is 22.7 Å². The minimum absolute atomic E-state index is 0.0515. The minimum Gasteiger partial charge on any atom is -0.493 e. The van der Waals surface area contributed by atoms with Crippen LogP contribution in [0, 0.1) is 0 Å². The standard InChI is InChI=1S/C15H18N2O5S2/c1-9(18)16-15-17(11-7-24(19,20)8-14(11)23-15)10-4-5-12(21-2)13(6-10)22-3/h4-6,11,14H,7-8H2,1-3H3. The van der Waals surface area contributed by atoms with Gasteiger partial charge in [-0.05, 0) is 12.1 Å². The first-order chi connectivity index (χ1) is 11.3. The number of thioether (sulfide) groups is 1. The van der Waals surface area contributed by atoms with Crippen molar-refractivity contribution in [2.45, 2.75) is 18.2 Å². The number of rotatable bonds is 3. The molecule has 2 atom stereocenters. The quantitative estimate of drug-likeness (QED) is 0.793. The maximum atomic E-state index is 12.0. The summed E-state index contributed by atoms with van der Waals surface area (Å²) in [7, 11) is -0.00265. The second-order valence-corrected chi connectivity index (χ2v) is 8.98. The number of amidine groups is 1. The van der Waals surface area contributed by atoms with Crippen LogP contribution in [0.3, 0.4) is 0 Å². The second kappa shape index (κ2) is 6.29. The lowest BCUT2D eigenvalue weighted by atomic mass is 10.2. The molecular weight excluding hydrogens is 352 g/mol. The van der Waals surface area contributed by atoms with Gasteiger partial charge in [0, 0.05) is 23.9 Å². The Bertz CT molecular complexity index is 806. The van der Waals surface area contributed by atoms with Gasteiger partial charge >= 0.3 is 0 Å². The van der Waals surface area contributed by atoms with E-state index in [0.717, 1.165) is 5.69 Å². The highest BCUT2D eigenvalue weighted by Gasteiger charge is 2.49. The summed E-state index contributed by atoms with van der Waals surface area (Å²) in [5.41, 5.74) is 0.727. The van der Waals surface area contributed by atoms with Crippen molar-refractivity contribution in [3.8, 4) is 11.5 Å². The molecule has 1 aromatic carbocycles. The summed E-state index contributed by atoms with van der Waals surface area (Å²) in [5, 5.41) is 0.404. The first kappa shape index (κ1) is 17.1. The maximum absolute atomic E-state index is 12.0. The lowest BCUT2D eigenvalue weighted by molar-refractivity contribution is -0.115. The lowest BCUT2D eigenvalue weighted by Crippen LogP contribution is -2.37. The topological polar surface area (TPSA) is 85.3 Å². The van der Waals surface area contributed by atoms with E-state index in [1.165, 1.54) is 25.8 Å². The first-order valence-corrected chi connectivity index (χ1v) is 10.0. The first-order valence-electron chi connectivity index (χ1n) is 7.32. The number of hydrogen-bond acceptors (Lipinski definition) is 6. The van der Waals surface area contributed by atoms with Crippen LogP contribution in [0.1, 0.15) is 6.92 Å². The van der Waals surface area contributed by atoms with Gasteiger partial charge in [-0.1, -0.05) is 11.8 Å².